The van der Waals surface area contributed by atoms with Crippen LogP contribution in [-0.4, -0.2) is 19.8 Å². The highest BCUT2D eigenvalue weighted by Crippen LogP contribution is 2.44. The molecule has 4 heteroatoms. The molecule has 0 saturated heterocycles. The molecule has 0 saturated carbocycles. The van der Waals surface area contributed by atoms with Crippen LogP contribution in [0.5, 0.6) is 11.5 Å². The molecule has 0 N–H and O–H groups in total. The summed E-state index contributed by atoms with van der Waals surface area (Å²) in [5.41, 5.74) is 8.57. The molecule has 0 aliphatic carbocycles. The van der Waals surface area contributed by atoms with Crippen LogP contribution < -0.4 is 19.3 Å². The third-order valence-electron chi connectivity index (χ3n) is 7.87. The van der Waals surface area contributed by atoms with Gasteiger partial charge in [-0.3, -0.25) is 0 Å². The van der Waals surface area contributed by atoms with E-state index in [-0.39, 0.29) is 11.0 Å². The minimum atomic E-state index is -0.160. The molecule has 5 aromatic rings. The van der Waals surface area contributed by atoms with Gasteiger partial charge in [0.15, 0.2) is 0 Å². The minimum absolute atomic E-state index is 0.0804. The summed E-state index contributed by atoms with van der Waals surface area (Å²) < 4.78 is 12.0. The Bertz CT molecular complexity index is 1680. The van der Waals surface area contributed by atoms with Crippen LogP contribution in [0.15, 0.2) is 121 Å². The van der Waals surface area contributed by atoms with Crippen LogP contribution in [0.4, 0.5) is 28.4 Å². The third-order valence-corrected chi connectivity index (χ3v) is 7.87. The van der Waals surface area contributed by atoms with E-state index in [1.54, 1.807) is 14.2 Å². The van der Waals surface area contributed by atoms with E-state index in [0.717, 1.165) is 51.1 Å². The van der Waals surface area contributed by atoms with Gasteiger partial charge in [-0.1, -0.05) is 81.4 Å². The van der Waals surface area contributed by atoms with Gasteiger partial charge in [0.25, 0.3) is 0 Å². The van der Waals surface area contributed by atoms with Crippen molar-refractivity contribution in [3.05, 3.63) is 127 Å². The van der Waals surface area contributed by atoms with Gasteiger partial charge in [-0.25, -0.2) is 0 Å². The molecule has 0 heterocycles. The third kappa shape index (κ3) is 6.45. The second-order valence-corrected chi connectivity index (χ2v) is 13.1. The van der Waals surface area contributed by atoms with E-state index < -0.39 is 0 Å². The molecule has 0 unspecified atom stereocenters. The van der Waals surface area contributed by atoms with Gasteiger partial charge in [-0.2, -0.15) is 0 Å². The Morgan fingerprint density at radius 3 is 1.41 bits per heavy atom. The Balaban J connectivity index is 1.57. The van der Waals surface area contributed by atoms with E-state index in [0.29, 0.717) is 0 Å². The number of para-hydroxylation sites is 2. The fourth-order valence-electron chi connectivity index (χ4n) is 5.66. The summed E-state index contributed by atoms with van der Waals surface area (Å²) in [5, 5.41) is 0. The molecule has 44 heavy (non-hydrogen) atoms. The Labute approximate surface area is 263 Å². The monoisotopic (exact) mass is 584 g/mol. The summed E-state index contributed by atoms with van der Waals surface area (Å²) >= 11 is 0. The van der Waals surface area contributed by atoms with Crippen molar-refractivity contribution in [1.82, 2.24) is 0 Å². The molecule has 0 bridgehead atoms. The molecule has 5 aromatic carbocycles. The number of hydrogen-bond donors (Lipinski definition) is 0. The van der Waals surface area contributed by atoms with Crippen LogP contribution in [-0.2, 0) is 5.41 Å². The zero-order chi connectivity index (χ0) is 31.5. The normalized spacial score (nSPS) is 11.6. The molecule has 5 rings (SSSR count). The van der Waals surface area contributed by atoms with Crippen LogP contribution in [0, 0.1) is 0 Å². The van der Waals surface area contributed by atoms with Crippen molar-refractivity contribution in [3.63, 3.8) is 0 Å². The van der Waals surface area contributed by atoms with Gasteiger partial charge < -0.3 is 19.3 Å². The van der Waals surface area contributed by atoms with E-state index in [2.05, 4.69) is 161 Å². The number of benzene rings is 5. The number of anilines is 5. The summed E-state index contributed by atoms with van der Waals surface area (Å²) in [5.74, 6) is 1.60. The first-order valence-electron chi connectivity index (χ1n) is 15.2. The first kappa shape index (κ1) is 30.7. The van der Waals surface area contributed by atoms with Crippen LogP contribution in [0.3, 0.4) is 0 Å². The summed E-state index contributed by atoms with van der Waals surface area (Å²) in [6.07, 6.45) is 0. The van der Waals surface area contributed by atoms with E-state index in [9.17, 15) is 0 Å². The second kappa shape index (κ2) is 12.5. The number of nitrogens with zero attached hydrogens (tertiary/aromatic N) is 2. The van der Waals surface area contributed by atoms with Crippen molar-refractivity contribution in [2.24, 2.45) is 0 Å². The molecule has 0 atom stereocenters. The minimum Gasteiger partial charge on any atom is -0.495 e. The number of methoxy groups -OCH3 is 2. The molecule has 0 radical (unpaired) electrons. The lowest BCUT2D eigenvalue weighted by Gasteiger charge is -2.38. The van der Waals surface area contributed by atoms with E-state index in [4.69, 9.17) is 9.47 Å². The standard InChI is InChI=1S/C40H44N2O2/c1-39(2,3)31-21-23-33(24-22-31)41(32-15-11-9-12-16-32)35-25-19-29(27-37(35)43-7)30-20-26-36(38(28-30)44-8)42(40(4,5)6)34-17-13-10-14-18-34/h9-28H,1-8H3. The molecule has 0 aromatic heterocycles. The van der Waals surface area contributed by atoms with Gasteiger partial charge in [0.2, 0.25) is 0 Å². The predicted octanol–water partition coefficient (Wildman–Crippen LogP) is 11.1. The molecule has 0 fully saturated rings. The van der Waals surface area contributed by atoms with Crippen molar-refractivity contribution in [2.75, 3.05) is 24.0 Å². The highest BCUT2D eigenvalue weighted by Gasteiger charge is 2.27. The van der Waals surface area contributed by atoms with Gasteiger partial charge >= 0.3 is 0 Å². The lowest BCUT2D eigenvalue weighted by Crippen LogP contribution is -2.37. The van der Waals surface area contributed by atoms with Crippen LogP contribution >= 0.6 is 0 Å². The summed E-state index contributed by atoms with van der Waals surface area (Å²) in [6.45, 7) is 13.4. The maximum absolute atomic E-state index is 6.05. The SMILES string of the molecule is COc1cc(-c2ccc(N(c3ccccc3)C(C)(C)C)c(OC)c2)ccc1N(c1ccccc1)c1ccc(C(C)(C)C)cc1. The predicted molar refractivity (Wildman–Crippen MR) is 187 cm³/mol. The van der Waals surface area contributed by atoms with Crippen molar-refractivity contribution in [1.29, 1.82) is 0 Å². The molecule has 0 aliphatic rings. The van der Waals surface area contributed by atoms with Gasteiger partial charge in [-0.15, -0.1) is 0 Å². The number of ether oxygens (including phenoxy) is 2. The van der Waals surface area contributed by atoms with Crippen LogP contribution in [0.2, 0.25) is 0 Å². The Morgan fingerprint density at radius 1 is 0.477 bits per heavy atom. The van der Waals surface area contributed by atoms with Crippen molar-refractivity contribution in [2.45, 2.75) is 52.5 Å². The van der Waals surface area contributed by atoms with Crippen molar-refractivity contribution < 1.29 is 9.47 Å². The quantitative estimate of drug-likeness (QED) is 0.181. The Hall–Kier alpha value is -4.70. The van der Waals surface area contributed by atoms with Crippen LogP contribution in [0.25, 0.3) is 11.1 Å². The number of rotatable bonds is 8. The Morgan fingerprint density at radius 2 is 0.932 bits per heavy atom. The number of hydrogen-bond acceptors (Lipinski definition) is 4. The molecule has 0 spiro atoms. The Kier molecular flexibility index (Phi) is 8.73. The van der Waals surface area contributed by atoms with E-state index >= 15 is 0 Å². The van der Waals surface area contributed by atoms with Gasteiger partial charge in [0, 0.05) is 22.6 Å². The lowest BCUT2D eigenvalue weighted by molar-refractivity contribution is 0.412. The molecule has 226 valence electrons. The van der Waals surface area contributed by atoms with Crippen molar-refractivity contribution in [3.8, 4) is 22.6 Å². The zero-order valence-corrected chi connectivity index (χ0v) is 27.3. The first-order valence-corrected chi connectivity index (χ1v) is 15.2. The highest BCUT2D eigenvalue weighted by atomic mass is 16.5. The molecule has 0 amide bonds. The summed E-state index contributed by atoms with van der Waals surface area (Å²) in [6, 6.07) is 42.6. The maximum atomic E-state index is 6.05. The van der Waals surface area contributed by atoms with Gasteiger partial charge in [-0.05, 0) is 104 Å². The molecular weight excluding hydrogens is 540 g/mol. The molecule has 0 aliphatic heterocycles. The topological polar surface area (TPSA) is 24.9 Å². The average molecular weight is 585 g/mol. The zero-order valence-electron chi connectivity index (χ0n) is 27.3. The molecule has 4 nitrogen and oxygen atoms in total. The molecular formula is C40H44N2O2. The average Bonchev–Trinajstić information content (AvgIpc) is 3.02. The summed E-state index contributed by atoms with van der Waals surface area (Å²) in [7, 11) is 3.47. The lowest BCUT2D eigenvalue weighted by atomic mass is 9.87. The highest BCUT2D eigenvalue weighted by molar-refractivity contribution is 5.84. The first-order chi connectivity index (χ1) is 21.0. The van der Waals surface area contributed by atoms with Gasteiger partial charge in [0.1, 0.15) is 11.5 Å². The fourth-order valence-corrected chi connectivity index (χ4v) is 5.66. The smallest absolute Gasteiger partial charge is 0.143 e. The van der Waals surface area contributed by atoms with E-state index in [1.807, 2.05) is 12.1 Å². The second-order valence-electron chi connectivity index (χ2n) is 13.1. The fraction of sp³-hybridized carbons (Fsp3) is 0.250. The van der Waals surface area contributed by atoms with Gasteiger partial charge in [0.05, 0.1) is 25.6 Å². The summed E-state index contributed by atoms with van der Waals surface area (Å²) in [4.78, 5) is 4.57. The largest absolute Gasteiger partial charge is 0.495 e. The van der Waals surface area contributed by atoms with Crippen molar-refractivity contribution >= 4 is 28.4 Å². The maximum Gasteiger partial charge on any atom is 0.143 e. The van der Waals surface area contributed by atoms with E-state index in [1.165, 1.54) is 5.56 Å². The van der Waals surface area contributed by atoms with Crippen LogP contribution in [0.1, 0.15) is 47.1 Å².